The predicted molar refractivity (Wildman–Crippen MR) is 127 cm³/mol. The summed E-state index contributed by atoms with van der Waals surface area (Å²) < 4.78 is 13.4. The molecule has 0 bridgehead atoms. The molecular formula is C27H26FN3O2. The lowest BCUT2D eigenvalue weighted by Crippen LogP contribution is -2.42. The number of aromatic nitrogens is 1. The highest BCUT2D eigenvalue weighted by atomic mass is 19.1. The number of fused-ring (bicyclic) bond motifs is 2. The standard InChI is InChI=1S/C27H26FN3O2/c28-20-10-8-17(9-11-20)16-19-4-3-6-22-24(21-5-1-2-7-23(21)30-25(19)22)27(33)31-14-12-18(13-15-31)26(29)32/h1-2,5,7-11,16,18H,3-4,6,12-15H2,(H2,29,32)/b19-16+. The van der Waals surface area contributed by atoms with Gasteiger partial charge in [0.2, 0.25) is 5.91 Å². The first-order valence-corrected chi connectivity index (χ1v) is 11.5. The van der Waals surface area contributed by atoms with Gasteiger partial charge >= 0.3 is 0 Å². The fraction of sp³-hybridized carbons (Fsp3) is 0.296. The van der Waals surface area contributed by atoms with Gasteiger partial charge in [0.1, 0.15) is 5.82 Å². The largest absolute Gasteiger partial charge is 0.369 e. The zero-order chi connectivity index (χ0) is 22.9. The third kappa shape index (κ3) is 4.13. The molecule has 6 heteroatoms. The Balaban J connectivity index is 1.59. The number of allylic oxidation sites excluding steroid dienone is 1. The Bertz CT molecular complexity index is 1260. The molecule has 168 valence electrons. The summed E-state index contributed by atoms with van der Waals surface area (Å²) in [7, 11) is 0. The molecule has 0 saturated carbocycles. The van der Waals surface area contributed by atoms with E-state index in [0.717, 1.165) is 58.1 Å². The Morgan fingerprint density at radius 3 is 2.48 bits per heavy atom. The number of piperidine rings is 1. The minimum absolute atomic E-state index is 0.00389. The lowest BCUT2D eigenvalue weighted by molar-refractivity contribution is -0.123. The van der Waals surface area contributed by atoms with E-state index < -0.39 is 0 Å². The molecule has 2 amide bonds. The van der Waals surface area contributed by atoms with Gasteiger partial charge in [-0.1, -0.05) is 30.3 Å². The van der Waals surface area contributed by atoms with Gasteiger partial charge in [-0.3, -0.25) is 9.59 Å². The van der Waals surface area contributed by atoms with Crippen LogP contribution >= 0.6 is 0 Å². The van der Waals surface area contributed by atoms with Crippen molar-refractivity contribution in [3.8, 4) is 0 Å². The van der Waals surface area contributed by atoms with Gasteiger partial charge in [-0.2, -0.15) is 0 Å². The van der Waals surface area contributed by atoms with Crippen LogP contribution in [0, 0.1) is 11.7 Å². The summed E-state index contributed by atoms with van der Waals surface area (Å²) in [6.45, 7) is 1.05. The number of hydrogen-bond donors (Lipinski definition) is 1. The number of likely N-dealkylation sites (tertiary alicyclic amines) is 1. The van der Waals surface area contributed by atoms with Crippen molar-refractivity contribution in [1.29, 1.82) is 0 Å². The number of primary amides is 1. The molecule has 0 unspecified atom stereocenters. The molecule has 2 heterocycles. The van der Waals surface area contributed by atoms with Gasteiger partial charge in [-0.05, 0) is 73.1 Å². The van der Waals surface area contributed by atoms with E-state index >= 15 is 0 Å². The Morgan fingerprint density at radius 1 is 1.03 bits per heavy atom. The van der Waals surface area contributed by atoms with Crippen LogP contribution in [-0.4, -0.2) is 34.8 Å². The van der Waals surface area contributed by atoms with Gasteiger partial charge in [0.25, 0.3) is 5.91 Å². The number of pyridine rings is 1. The van der Waals surface area contributed by atoms with E-state index in [4.69, 9.17) is 10.7 Å². The van der Waals surface area contributed by atoms with E-state index in [1.807, 2.05) is 35.2 Å². The van der Waals surface area contributed by atoms with Crippen LogP contribution in [0.2, 0.25) is 0 Å². The number of amides is 2. The minimum Gasteiger partial charge on any atom is -0.369 e. The third-order valence-corrected chi connectivity index (χ3v) is 6.78. The van der Waals surface area contributed by atoms with Crippen LogP contribution in [0.25, 0.3) is 22.6 Å². The van der Waals surface area contributed by atoms with Gasteiger partial charge in [0.15, 0.2) is 0 Å². The molecule has 1 aromatic heterocycles. The van der Waals surface area contributed by atoms with Gasteiger partial charge in [0.05, 0.1) is 16.8 Å². The molecule has 1 aliphatic carbocycles. The van der Waals surface area contributed by atoms with Crippen molar-refractivity contribution in [2.45, 2.75) is 32.1 Å². The van der Waals surface area contributed by atoms with Crippen LogP contribution in [0.5, 0.6) is 0 Å². The highest BCUT2D eigenvalue weighted by molar-refractivity contribution is 6.09. The summed E-state index contributed by atoms with van der Waals surface area (Å²) >= 11 is 0. The van der Waals surface area contributed by atoms with Gasteiger partial charge in [-0.15, -0.1) is 0 Å². The van der Waals surface area contributed by atoms with Crippen molar-refractivity contribution in [2.75, 3.05) is 13.1 Å². The van der Waals surface area contributed by atoms with Crippen LogP contribution in [0.1, 0.15) is 52.9 Å². The zero-order valence-electron chi connectivity index (χ0n) is 18.4. The highest BCUT2D eigenvalue weighted by Gasteiger charge is 2.31. The van der Waals surface area contributed by atoms with E-state index in [2.05, 4.69) is 0 Å². The number of carbonyl (C=O) groups is 2. The Kier molecular flexibility index (Phi) is 5.67. The van der Waals surface area contributed by atoms with Crippen molar-refractivity contribution in [3.05, 3.63) is 76.7 Å². The highest BCUT2D eigenvalue weighted by Crippen LogP contribution is 2.37. The molecule has 2 aromatic carbocycles. The summed E-state index contributed by atoms with van der Waals surface area (Å²) in [5.41, 5.74) is 10.8. The van der Waals surface area contributed by atoms with Crippen LogP contribution in [0.15, 0.2) is 48.5 Å². The maximum atomic E-state index is 13.8. The molecule has 1 saturated heterocycles. The quantitative estimate of drug-likeness (QED) is 0.643. The lowest BCUT2D eigenvalue weighted by atomic mass is 9.85. The van der Waals surface area contributed by atoms with Crippen molar-refractivity contribution >= 4 is 34.4 Å². The molecule has 1 aliphatic heterocycles. The van der Waals surface area contributed by atoms with Crippen LogP contribution in [-0.2, 0) is 11.2 Å². The maximum absolute atomic E-state index is 13.8. The summed E-state index contributed by atoms with van der Waals surface area (Å²) in [6.07, 6.45) is 5.81. The smallest absolute Gasteiger partial charge is 0.254 e. The third-order valence-electron chi connectivity index (χ3n) is 6.78. The summed E-state index contributed by atoms with van der Waals surface area (Å²) in [5.74, 6) is -0.721. The first kappa shape index (κ1) is 21.3. The zero-order valence-corrected chi connectivity index (χ0v) is 18.4. The monoisotopic (exact) mass is 443 g/mol. The second kappa shape index (κ2) is 8.77. The second-order valence-electron chi connectivity index (χ2n) is 8.87. The summed E-state index contributed by atoms with van der Waals surface area (Å²) in [4.78, 5) is 32.1. The van der Waals surface area contributed by atoms with Crippen LogP contribution in [0.4, 0.5) is 4.39 Å². The Labute approximate surface area is 192 Å². The molecule has 33 heavy (non-hydrogen) atoms. The summed E-state index contributed by atoms with van der Waals surface area (Å²) in [5, 5.41) is 0.862. The van der Waals surface area contributed by atoms with E-state index in [9.17, 15) is 14.0 Å². The molecule has 0 atom stereocenters. The normalized spacial score (nSPS) is 17.8. The number of nitrogens with two attached hydrogens (primary N) is 1. The molecule has 2 N–H and O–H groups in total. The fourth-order valence-electron chi connectivity index (χ4n) is 5.00. The maximum Gasteiger partial charge on any atom is 0.254 e. The Morgan fingerprint density at radius 2 is 1.76 bits per heavy atom. The molecule has 0 radical (unpaired) electrons. The SMILES string of the molecule is NC(=O)C1CCN(C(=O)c2c3c(nc4ccccc24)/C(=C/c2ccc(F)cc2)CCC3)CC1. The van der Waals surface area contributed by atoms with Gasteiger partial charge < -0.3 is 10.6 Å². The number of rotatable bonds is 3. The van der Waals surface area contributed by atoms with E-state index in [1.165, 1.54) is 12.1 Å². The average Bonchev–Trinajstić information content (AvgIpc) is 2.84. The van der Waals surface area contributed by atoms with Crippen molar-refractivity contribution in [1.82, 2.24) is 9.88 Å². The van der Waals surface area contributed by atoms with Crippen LogP contribution < -0.4 is 5.73 Å². The molecule has 0 spiro atoms. The summed E-state index contributed by atoms with van der Waals surface area (Å²) in [6, 6.07) is 14.2. The van der Waals surface area contributed by atoms with E-state index in [0.29, 0.717) is 25.9 Å². The molecule has 3 aromatic rings. The number of benzene rings is 2. The Hall–Kier alpha value is -3.54. The second-order valence-corrected chi connectivity index (χ2v) is 8.87. The minimum atomic E-state index is -0.288. The van der Waals surface area contributed by atoms with Crippen molar-refractivity contribution in [3.63, 3.8) is 0 Å². The first-order chi connectivity index (χ1) is 16.0. The van der Waals surface area contributed by atoms with E-state index in [-0.39, 0.29) is 23.5 Å². The predicted octanol–water partition coefficient (Wildman–Crippen LogP) is 4.59. The number of para-hydroxylation sites is 1. The van der Waals surface area contributed by atoms with Crippen molar-refractivity contribution in [2.24, 2.45) is 11.7 Å². The van der Waals surface area contributed by atoms with E-state index in [1.54, 1.807) is 12.1 Å². The molecule has 2 aliphatic rings. The van der Waals surface area contributed by atoms with Gasteiger partial charge in [0, 0.05) is 24.4 Å². The van der Waals surface area contributed by atoms with Crippen LogP contribution in [0.3, 0.4) is 0 Å². The number of halogens is 1. The molecular weight excluding hydrogens is 417 g/mol. The number of carbonyl (C=O) groups excluding carboxylic acids is 2. The number of nitrogens with zero attached hydrogens (tertiary/aromatic N) is 2. The van der Waals surface area contributed by atoms with Crippen molar-refractivity contribution < 1.29 is 14.0 Å². The molecule has 5 nitrogen and oxygen atoms in total. The van der Waals surface area contributed by atoms with Gasteiger partial charge in [-0.25, -0.2) is 9.37 Å². The first-order valence-electron chi connectivity index (χ1n) is 11.5. The molecule has 1 fully saturated rings. The average molecular weight is 444 g/mol. The molecule has 5 rings (SSSR count). The fourth-order valence-corrected chi connectivity index (χ4v) is 5.00. The number of hydrogen-bond acceptors (Lipinski definition) is 3. The lowest BCUT2D eigenvalue weighted by Gasteiger charge is -2.32. The topological polar surface area (TPSA) is 76.3 Å².